The fraction of sp³-hybridized carbons (Fsp3) is 0.308. The molecule has 4 aromatic rings. The summed E-state index contributed by atoms with van der Waals surface area (Å²) >= 11 is 0. The Morgan fingerprint density at radius 3 is 1.51 bits per heavy atom. The molecule has 1 unspecified atom stereocenters. The van der Waals surface area contributed by atoms with Crippen LogP contribution >= 0.6 is 0 Å². The molecule has 1 saturated heterocycles. The number of hydrogen-bond acceptors (Lipinski definition) is 8. The quantitative estimate of drug-likeness (QED) is 0.102. The van der Waals surface area contributed by atoms with E-state index in [0.29, 0.717) is 41.9 Å². The van der Waals surface area contributed by atoms with Gasteiger partial charge in [0.25, 0.3) is 5.79 Å². The van der Waals surface area contributed by atoms with Crippen LogP contribution in [0, 0.1) is 0 Å². The predicted molar refractivity (Wildman–Crippen MR) is 184 cm³/mol. The van der Waals surface area contributed by atoms with Crippen molar-refractivity contribution in [2.75, 3.05) is 59.5 Å². The number of carbonyl (C=O) groups excluding carboxylic acids is 3. The van der Waals surface area contributed by atoms with E-state index in [9.17, 15) is 14.4 Å². The summed E-state index contributed by atoms with van der Waals surface area (Å²) in [5.41, 5.74) is 2.18. The van der Waals surface area contributed by atoms with Gasteiger partial charge < -0.3 is 19.1 Å². The van der Waals surface area contributed by atoms with Crippen molar-refractivity contribution in [1.82, 2.24) is 4.90 Å². The molecule has 1 aliphatic rings. The van der Waals surface area contributed by atoms with Gasteiger partial charge in [0.1, 0.15) is 5.54 Å². The Bertz CT molecular complexity index is 1580. The molecule has 0 bridgehead atoms. The van der Waals surface area contributed by atoms with Gasteiger partial charge in [0.2, 0.25) is 5.78 Å². The van der Waals surface area contributed by atoms with Crippen LogP contribution in [0.1, 0.15) is 50.0 Å². The van der Waals surface area contributed by atoms with E-state index in [2.05, 4.69) is 4.90 Å². The minimum atomic E-state index is -1.40. The second-order valence-electron chi connectivity index (χ2n) is 11.4. The molecule has 5 rings (SSSR count). The molecule has 4 aromatic carbocycles. The van der Waals surface area contributed by atoms with Gasteiger partial charge in [-0.3, -0.25) is 19.3 Å². The summed E-state index contributed by atoms with van der Waals surface area (Å²) in [5.74, 6) is -1.95. The molecular formula is C39H44N2O6. The number of methoxy groups -OCH3 is 2. The Kier molecular flexibility index (Phi) is 12.3. The smallest absolute Gasteiger partial charge is 0.260 e. The van der Waals surface area contributed by atoms with Crippen molar-refractivity contribution in [1.29, 1.82) is 0 Å². The molecule has 0 spiro atoms. The Morgan fingerprint density at radius 1 is 0.660 bits per heavy atom. The summed E-state index contributed by atoms with van der Waals surface area (Å²) in [4.78, 5) is 43.6. The minimum absolute atomic E-state index is 0.164. The van der Waals surface area contributed by atoms with Crippen molar-refractivity contribution in [2.24, 2.45) is 0 Å². The van der Waals surface area contributed by atoms with Crippen LogP contribution in [-0.2, 0) is 20.0 Å². The summed E-state index contributed by atoms with van der Waals surface area (Å²) in [5, 5.41) is 0. The number of ketones is 3. The predicted octanol–water partition coefficient (Wildman–Crippen LogP) is 6.31. The second-order valence-corrected chi connectivity index (χ2v) is 11.4. The van der Waals surface area contributed by atoms with E-state index in [1.165, 1.54) is 14.2 Å². The molecule has 1 atom stereocenters. The molecule has 1 fully saturated rings. The highest BCUT2D eigenvalue weighted by molar-refractivity contribution is 6.23. The number of benzene rings is 4. The van der Waals surface area contributed by atoms with Gasteiger partial charge in [-0.15, -0.1) is 0 Å². The van der Waals surface area contributed by atoms with Crippen molar-refractivity contribution in [3.63, 3.8) is 0 Å². The summed E-state index contributed by atoms with van der Waals surface area (Å²) in [6.07, 6.45) is 0.401. The van der Waals surface area contributed by atoms with Crippen LogP contribution in [0.2, 0.25) is 0 Å². The summed E-state index contributed by atoms with van der Waals surface area (Å²) in [6, 6.07) is 34.8. The van der Waals surface area contributed by atoms with Crippen LogP contribution < -0.4 is 4.90 Å². The molecule has 1 heterocycles. The van der Waals surface area contributed by atoms with Gasteiger partial charge in [0, 0.05) is 55.3 Å². The zero-order chi connectivity index (χ0) is 33.9. The van der Waals surface area contributed by atoms with Gasteiger partial charge in [0.05, 0.1) is 13.2 Å². The maximum atomic E-state index is 13.5. The largest absolute Gasteiger partial charge is 0.378 e. The normalized spacial score (nSPS) is 14.5. The summed E-state index contributed by atoms with van der Waals surface area (Å²) in [7, 11) is 6.53. The molecule has 0 amide bonds. The third-order valence-corrected chi connectivity index (χ3v) is 8.63. The average molecular weight is 637 g/mol. The van der Waals surface area contributed by atoms with Crippen LogP contribution in [-0.4, -0.2) is 82.4 Å². The Hall–Kier alpha value is -4.47. The number of anilines is 1. The lowest BCUT2D eigenvalue weighted by Crippen LogP contribution is -2.57. The molecule has 0 aliphatic carbocycles. The maximum Gasteiger partial charge on any atom is 0.260 e. The van der Waals surface area contributed by atoms with Crippen LogP contribution in [0.5, 0.6) is 0 Å². The van der Waals surface area contributed by atoms with Crippen LogP contribution in [0.3, 0.4) is 0 Å². The van der Waals surface area contributed by atoms with Crippen molar-refractivity contribution in [3.05, 3.63) is 138 Å². The minimum Gasteiger partial charge on any atom is -0.378 e. The van der Waals surface area contributed by atoms with Crippen LogP contribution in [0.25, 0.3) is 0 Å². The number of morpholine rings is 1. The number of likely N-dealkylation sites (N-methyl/N-ethyl adjacent to an activating group) is 1. The first-order chi connectivity index (χ1) is 22.7. The van der Waals surface area contributed by atoms with Gasteiger partial charge in [-0.1, -0.05) is 97.9 Å². The monoisotopic (exact) mass is 636 g/mol. The lowest BCUT2D eigenvalue weighted by Gasteiger charge is -2.36. The van der Waals surface area contributed by atoms with E-state index in [-0.39, 0.29) is 17.3 Å². The molecule has 47 heavy (non-hydrogen) atoms. The average Bonchev–Trinajstić information content (AvgIpc) is 3.14. The van der Waals surface area contributed by atoms with Gasteiger partial charge in [-0.2, -0.15) is 0 Å². The van der Waals surface area contributed by atoms with E-state index in [0.717, 1.165) is 18.8 Å². The molecular weight excluding hydrogens is 592 g/mol. The highest BCUT2D eigenvalue weighted by Gasteiger charge is 2.47. The number of carbonyl (C=O) groups is 3. The summed E-state index contributed by atoms with van der Waals surface area (Å²) < 4.78 is 16.2. The van der Waals surface area contributed by atoms with Crippen molar-refractivity contribution >= 4 is 23.0 Å². The van der Waals surface area contributed by atoms with Gasteiger partial charge in [0.15, 0.2) is 11.6 Å². The van der Waals surface area contributed by atoms with Gasteiger partial charge in [-0.05, 0) is 44.8 Å². The number of ether oxygens (including phenoxy) is 3. The molecule has 8 heteroatoms. The molecule has 246 valence electrons. The van der Waals surface area contributed by atoms with Crippen molar-refractivity contribution < 1.29 is 28.6 Å². The summed E-state index contributed by atoms with van der Waals surface area (Å²) in [6.45, 7) is 5.01. The number of rotatable bonds is 12. The second kappa shape index (κ2) is 16.4. The van der Waals surface area contributed by atoms with Gasteiger partial charge in [-0.25, -0.2) is 0 Å². The van der Waals surface area contributed by atoms with Crippen LogP contribution in [0.4, 0.5) is 5.69 Å². The molecule has 1 aliphatic heterocycles. The zero-order valence-electron chi connectivity index (χ0n) is 27.8. The highest BCUT2D eigenvalue weighted by Crippen LogP contribution is 2.31. The highest BCUT2D eigenvalue weighted by atomic mass is 16.7. The van der Waals surface area contributed by atoms with E-state index in [1.807, 2.05) is 97.9 Å². The number of nitrogens with zero attached hydrogens (tertiary/aromatic N) is 2. The molecule has 8 nitrogen and oxygen atoms in total. The third-order valence-electron chi connectivity index (χ3n) is 8.63. The SMILES string of the molecule is CCC(C(=O)c1ccccc1)(C(=O)c1ccc(N2CCOCC2)cc1)N(C)C.COC(OC)(C(=O)c1ccccc1)c1ccccc1. The topological polar surface area (TPSA) is 85.4 Å². The van der Waals surface area contributed by atoms with Crippen molar-refractivity contribution in [3.8, 4) is 0 Å². The van der Waals surface area contributed by atoms with E-state index >= 15 is 0 Å². The Labute approximate surface area is 277 Å². The first-order valence-electron chi connectivity index (χ1n) is 15.8. The molecule has 0 N–H and O–H groups in total. The molecule has 0 saturated carbocycles. The Balaban J connectivity index is 0.000000229. The lowest BCUT2D eigenvalue weighted by atomic mass is 9.79. The Morgan fingerprint density at radius 2 is 1.09 bits per heavy atom. The third kappa shape index (κ3) is 7.58. The van der Waals surface area contributed by atoms with Crippen LogP contribution in [0.15, 0.2) is 115 Å². The van der Waals surface area contributed by atoms with E-state index in [1.54, 1.807) is 43.3 Å². The number of Topliss-reactive ketones (excluding diaryl/α,β-unsaturated/α-hetero) is 3. The van der Waals surface area contributed by atoms with E-state index < -0.39 is 11.3 Å². The molecule has 0 aromatic heterocycles. The first-order valence-corrected chi connectivity index (χ1v) is 15.8. The fourth-order valence-corrected chi connectivity index (χ4v) is 5.93. The fourth-order valence-electron chi connectivity index (χ4n) is 5.93. The zero-order valence-corrected chi connectivity index (χ0v) is 27.8. The van der Waals surface area contributed by atoms with Crippen molar-refractivity contribution in [2.45, 2.75) is 24.7 Å². The first kappa shape index (κ1) is 35.4. The number of hydrogen-bond donors (Lipinski definition) is 0. The van der Waals surface area contributed by atoms with Gasteiger partial charge >= 0.3 is 0 Å². The van der Waals surface area contributed by atoms with E-state index in [4.69, 9.17) is 14.2 Å². The molecule has 0 radical (unpaired) electrons. The lowest BCUT2D eigenvalue weighted by molar-refractivity contribution is -0.176. The maximum absolute atomic E-state index is 13.5. The standard InChI is InChI=1S/C23H28N2O3.C16H16O3/c1-4-23(24(2)3,21(26)18-8-6-5-7-9-18)22(27)19-10-12-20(13-11-19)25-14-16-28-17-15-25;1-18-16(19-2,14-11-7-4-8-12-14)15(17)13-9-5-3-6-10-13/h5-13H,4,14-17H2,1-3H3;3-12H,1-2H3.